The molecule has 1 aromatic carbocycles. The molecule has 1 fully saturated rings. The molecule has 0 atom stereocenters. The van der Waals surface area contributed by atoms with Crippen LogP contribution in [0.4, 0.5) is 0 Å². The lowest BCUT2D eigenvalue weighted by molar-refractivity contribution is 0.453. The molecule has 74 valence electrons. The lowest BCUT2D eigenvalue weighted by Crippen LogP contribution is -2.19. The molecule has 0 spiro atoms. The zero-order valence-electron chi connectivity index (χ0n) is 8.21. The van der Waals surface area contributed by atoms with Gasteiger partial charge in [-0.15, -0.1) is 0 Å². The van der Waals surface area contributed by atoms with Crippen LogP contribution >= 0.6 is 0 Å². The number of benzene rings is 1. The minimum absolute atomic E-state index is 0.207. The van der Waals surface area contributed by atoms with E-state index in [1.165, 1.54) is 12.0 Å². The van der Waals surface area contributed by atoms with Crippen LogP contribution in [0.2, 0.25) is 0 Å². The van der Waals surface area contributed by atoms with Gasteiger partial charge in [-0.3, -0.25) is 0 Å². The van der Waals surface area contributed by atoms with Gasteiger partial charge in [-0.05, 0) is 43.2 Å². The van der Waals surface area contributed by atoms with Crippen LogP contribution in [0.3, 0.4) is 0 Å². The highest BCUT2D eigenvalue weighted by atomic mass is 16.3. The van der Waals surface area contributed by atoms with Gasteiger partial charge >= 0.3 is 0 Å². The van der Waals surface area contributed by atoms with Gasteiger partial charge in [-0.2, -0.15) is 0 Å². The van der Waals surface area contributed by atoms with Crippen LogP contribution < -0.4 is 5.73 Å². The molecule has 0 amide bonds. The molecule has 0 saturated heterocycles. The molecule has 3 rings (SSSR count). The van der Waals surface area contributed by atoms with Gasteiger partial charge in [0.25, 0.3) is 0 Å². The Morgan fingerprint density at radius 1 is 1.21 bits per heavy atom. The molecule has 1 aromatic rings. The summed E-state index contributed by atoms with van der Waals surface area (Å²) in [6.07, 6.45) is 5.33. The maximum absolute atomic E-state index is 10.1. The first kappa shape index (κ1) is 8.30. The Morgan fingerprint density at radius 2 is 2.00 bits per heavy atom. The highest BCUT2D eigenvalue weighted by Crippen LogP contribution is 2.48. The van der Waals surface area contributed by atoms with E-state index >= 15 is 0 Å². The molecule has 2 heteroatoms. The normalized spacial score (nSPS) is 22.1. The second-order valence-electron chi connectivity index (χ2n) is 4.61. The summed E-state index contributed by atoms with van der Waals surface area (Å²) in [6.45, 7) is 0. The Labute approximate surface area is 83.7 Å². The van der Waals surface area contributed by atoms with Crippen molar-refractivity contribution in [1.82, 2.24) is 0 Å². The summed E-state index contributed by atoms with van der Waals surface area (Å²) in [5, 5.41) is 10.1. The van der Waals surface area contributed by atoms with Crippen LogP contribution in [-0.4, -0.2) is 5.11 Å². The lowest BCUT2D eigenvalue weighted by atomic mass is 9.98. The van der Waals surface area contributed by atoms with Crippen LogP contribution in [0.15, 0.2) is 12.1 Å². The van der Waals surface area contributed by atoms with Crippen molar-refractivity contribution in [3.05, 3.63) is 28.8 Å². The van der Waals surface area contributed by atoms with Crippen LogP contribution in [0, 0.1) is 0 Å². The molecule has 0 heterocycles. The van der Waals surface area contributed by atoms with Crippen molar-refractivity contribution in [1.29, 1.82) is 0 Å². The van der Waals surface area contributed by atoms with E-state index in [1.807, 2.05) is 6.07 Å². The molecule has 0 unspecified atom stereocenters. The van der Waals surface area contributed by atoms with Gasteiger partial charge in [0, 0.05) is 11.1 Å². The second-order valence-corrected chi connectivity index (χ2v) is 4.61. The highest BCUT2D eigenvalue weighted by Gasteiger charge is 2.42. The van der Waals surface area contributed by atoms with Crippen molar-refractivity contribution in [3.8, 4) is 5.75 Å². The molecule has 1 saturated carbocycles. The van der Waals surface area contributed by atoms with Gasteiger partial charge in [0.15, 0.2) is 0 Å². The molecule has 3 N–H and O–H groups in total. The maximum Gasteiger partial charge on any atom is 0.124 e. The van der Waals surface area contributed by atoms with Crippen LogP contribution in [0.1, 0.15) is 36.0 Å². The number of aryl methyl sites for hydroxylation is 1. The molecule has 2 nitrogen and oxygen atoms in total. The summed E-state index contributed by atoms with van der Waals surface area (Å²) in [6, 6.07) is 4.16. The molecule has 0 radical (unpaired) electrons. The van der Waals surface area contributed by atoms with Crippen LogP contribution in [0.5, 0.6) is 5.75 Å². The number of nitrogens with two attached hydrogens (primary N) is 1. The van der Waals surface area contributed by atoms with Gasteiger partial charge in [0.1, 0.15) is 5.75 Å². The van der Waals surface area contributed by atoms with E-state index in [1.54, 1.807) is 0 Å². The third kappa shape index (κ3) is 1.01. The quantitative estimate of drug-likeness (QED) is 0.708. The van der Waals surface area contributed by atoms with Crippen molar-refractivity contribution in [2.75, 3.05) is 0 Å². The summed E-state index contributed by atoms with van der Waals surface area (Å²) >= 11 is 0. The fourth-order valence-corrected chi connectivity index (χ4v) is 2.45. The Morgan fingerprint density at radius 3 is 2.71 bits per heavy atom. The van der Waals surface area contributed by atoms with Crippen molar-refractivity contribution in [2.45, 2.75) is 37.6 Å². The third-order valence-electron chi connectivity index (χ3n) is 3.58. The number of hydrogen-bond acceptors (Lipinski definition) is 2. The van der Waals surface area contributed by atoms with Crippen molar-refractivity contribution in [2.24, 2.45) is 5.73 Å². The monoisotopic (exact) mass is 189 g/mol. The van der Waals surface area contributed by atoms with Gasteiger partial charge in [0.2, 0.25) is 0 Å². The molecule has 0 aliphatic heterocycles. The predicted molar refractivity (Wildman–Crippen MR) is 55.2 cm³/mol. The number of phenolic OH excluding ortho intramolecular Hbond substituents is 1. The minimum Gasteiger partial charge on any atom is -0.507 e. The smallest absolute Gasteiger partial charge is 0.124 e. The number of fused-ring (bicyclic) bond motifs is 1. The molecule has 0 bridgehead atoms. The first-order chi connectivity index (χ1) is 6.71. The van der Waals surface area contributed by atoms with Gasteiger partial charge in [0.05, 0.1) is 0 Å². The minimum atomic E-state index is -0.207. The largest absolute Gasteiger partial charge is 0.507 e. The Balaban J connectivity index is 2.15. The lowest BCUT2D eigenvalue weighted by Gasteiger charge is -2.14. The third-order valence-corrected chi connectivity index (χ3v) is 3.58. The zero-order valence-corrected chi connectivity index (χ0v) is 8.21. The van der Waals surface area contributed by atoms with Gasteiger partial charge < -0.3 is 10.8 Å². The summed E-state index contributed by atoms with van der Waals surface area (Å²) in [5.74, 6) is 0.486. The second kappa shape index (κ2) is 2.51. The molecule has 0 aromatic heterocycles. The molecule has 14 heavy (non-hydrogen) atoms. The Hall–Kier alpha value is -1.02. The summed E-state index contributed by atoms with van der Waals surface area (Å²) in [5.41, 5.74) is 9.33. The van der Waals surface area contributed by atoms with Crippen LogP contribution in [0.25, 0.3) is 0 Å². The van der Waals surface area contributed by atoms with E-state index in [-0.39, 0.29) is 5.54 Å². The first-order valence-corrected chi connectivity index (χ1v) is 5.34. The Bertz CT molecular complexity index is 394. The Kier molecular flexibility index (Phi) is 1.49. The van der Waals surface area contributed by atoms with E-state index in [2.05, 4.69) is 6.07 Å². The summed E-state index contributed by atoms with van der Waals surface area (Å²) in [7, 11) is 0. The van der Waals surface area contributed by atoms with E-state index in [9.17, 15) is 5.11 Å². The number of rotatable bonds is 1. The van der Waals surface area contributed by atoms with E-state index in [0.29, 0.717) is 5.75 Å². The number of aromatic hydroxyl groups is 1. The average Bonchev–Trinajstić information content (AvgIpc) is 2.75. The first-order valence-electron chi connectivity index (χ1n) is 5.34. The van der Waals surface area contributed by atoms with E-state index in [0.717, 1.165) is 36.8 Å². The average molecular weight is 189 g/mol. The zero-order chi connectivity index (χ0) is 9.76. The van der Waals surface area contributed by atoms with Crippen LogP contribution in [-0.2, 0) is 18.4 Å². The molecule has 2 aliphatic rings. The van der Waals surface area contributed by atoms with Gasteiger partial charge in [-0.25, -0.2) is 0 Å². The summed E-state index contributed by atoms with van der Waals surface area (Å²) in [4.78, 5) is 0. The fourth-order valence-electron chi connectivity index (χ4n) is 2.45. The molecular formula is C12H15NO. The SMILES string of the molecule is NC1(c2ccc3c(c2O)CCC3)CC1. The molecule has 2 aliphatic carbocycles. The van der Waals surface area contributed by atoms with Gasteiger partial charge in [-0.1, -0.05) is 12.1 Å². The maximum atomic E-state index is 10.1. The molecular weight excluding hydrogens is 174 g/mol. The number of hydrogen-bond donors (Lipinski definition) is 2. The standard InChI is InChI=1S/C12H15NO/c13-12(6-7-12)10-5-4-8-2-1-3-9(8)11(10)14/h4-5,14H,1-3,6-7,13H2. The van der Waals surface area contributed by atoms with Crippen molar-refractivity contribution < 1.29 is 5.11 Å². The van der Waals surface area contributed by atoms with E-state index < -0.39 is 0 Å². The highest BCUT2D eigenvalue weighted by molar-refractivity contribution is 5.51. The summed E-state index contributed by atoms with van der Waals surface area (Å²) < 4.78 is 0. The predicted octanol–water partition coefficient (Wildman–Crippen LogP) is 1.83. The van der Waals surface area contributed by atoms with E-state index in [4.69, 9.17) is 5.73 Å². The number of phenols is 1. The topological polar surface area (TPSA) is 46.2 Å². The van der Waals surface area contributed by atoms with Crippen molar-refractivity contribution >= 4 is 0 Å². The van der Waals surface area contributed by atoms with Crippen molar-refractivity contribution in [3.63, 3.8) is 0 Å². The fraction of sp³-hybridized carbons (Fsp3) is 0.500.